The average molecular weight is 329 g/mol. The number of hydrogen-bond donors (Lipinski definition) is 1. The summed E-state index contributed by atoms with van der Waals surface area (Å²) in [6.45, 7) is 5.12. The normalized spacial score (nSPS) is 10.6. The number of fused-ring (bicyclic) bond motifs is 1. The van der Waals surface area contributed by atoms with Gasteiger partial charge in [-0.25, -0.2) is 0 Å². The second kappa shape index (κ2) is 8.43. The third kappa shape index (κ3) is 4.54. The van der Waals surface area contributed by atoms with Crippen molar-refractivity contribution < 1.29 is 18.9 Å². The Labute approximate surface area is 142 Å². The molecule has 1 heterocycles. The molecular formula is C19H25N2O3+. The van der Waals surface area contributed by atoms with Gasteiger partial charge < -0.3 is 10.1 Å². The van der Waals surface area contributed by atoms with E-state index in [-0.39, 0.29) is 11.9 Å². The first-order valence-corrected chi connectivity index (χ1v) is 8.35. The SMILES string of the molecule is CC[n+]1c(C)ccc2cc(NC(=O)CCCCC(=O)OC)ccc21. The van der Waals surface area contributed by atoms with Crippen molar-refractivity contribution in [2.45, 2.75) is 46.1 Å². The second-order valence-electron chi connectivity index (χ2n) is 5.82. The predicted molar refractivity (Wildman–Crippen MR) is 93.7 cm³/mol. The van der Waals surface area contributed by atoms with E-state index in [0.29, 0.717) is 25.7 Å². The average Bonchev–Trinajstić information content (AvgIpc) is 2.58. The van der Waals surface area contributed by atoms with Crippen molar-refractivity contribution in [2.75, 3.05) is 12.4 Å². The zero-order valence-electron chi connectivity index (χ0n) is 14.6. The quantitative estimate of drug-likeness (QED) is 0.482. The number of carbonyl (C=O) groups is 2. The minimum Gasteiger partial charge on any atom is -0.469 e. The molecule has 0 aliphatic heterocycles. The Morgan fingerprint density at radius 1 is 1.12 bits per heavy atom. The number of methoxy groups -OCH3 is 1. The lowest BCUT2D eigenvalue weighted by Gasteiger charge is -2.07. The standard InChI is InChI=1S/C19H24N2O3/c1-4-21-14(2)9-10-15-13-16(11-12-17(15)21)20-18(22)7-5-6-8-19(23)24-3/h9-13H,4-8H2,1-3H3/p+1. The maximum Gasteiger partial charge on any atom is 0.305 e. The lowest BCUT2D eigenvalue weighted by atomic mass is 10.1. The summed E-state index contributed by atoms with van der Waals surface area (Å²) in [6, 6.07) is 10.1. The van der Waals surface area contributed by atoms with Crippen molar-refractivity contribution in [3.05, 3.63) is 36.0 Å². The molecule has 24 heavy (non-hydrogen) atoms. The Morgan fingerprint density at radius 2 is 1.88 bits per heavy atom. The van der Waals surface area contributed by atoms with Gasteiger partial charge >= 0.3 is 5.97 Å². The van der Waals surface area contributed by atoms with E-state index in [1.807, 2.05) is 18.2 Å². The van der Waals surface area contributed by atoms with Crippen LogP contribution >= 0.6 is 0 Å². The number of unbranched alkanes of at least 4 members (excludes halogenated alkanes) is 1. The molecule has 0 saturated carbocycles. The van der Waals surface area contributed by atoms with Crippen molar-refractivity contribution in [2.24, 2.45) is 0 Å². The number of nitrogens with zero attached hydrogens (tertiary/aromatic N) is 1. The van der Waals surface area contributed by atoms with E-state index in [1.165, 1.54) is 12.8 Å². The molecule has 5 nitrogen and oxygen atoms in total. The van der Waals surface area contributed by atoms with Crippen LogP contribution in [-0.4, -0.2) is 19.0 Å². The minimum absolute atomic E-state index is 0.0327. The summed E-state index contributed by atoms with van der Waals surface area (Å²) in [7, 11) is 1.37. The molecule has 5 heteroatoms. The van der Waals surface area contributed by atoms with Gasteiger partial charge in [0.15, 0.2) is 5.69 Å². The number of benzene rings is 1. The summed E-state index contributed by atoms with van der Waals surface area (Å²) in [6.07, 6.45) is 2.09. The number of carbonyl (C=O) groups excluding carboxylic acids is 2. The van der Waals surface area contributed by atoms with Gasteiger partial charge in [-0.1, -0.05) is 0 Å². The molecule has 1 aromatic carbocycles. The molecule has 0 unspecified atom stereocenters. The number of esters is 1. The first-order valence-electron chi connectivity index (χ1n) is 8.35. The van der Waals surface area contributed by atoms with E-state index in [4.69, 9.17) is 0 Å². The van der Waals surface area contributed by atoms with Crippen LogP contribution in [0.1, 0.15) is 38.3 Å². The number of hydrogen-bond acceptors (Lipinski definition) is 3. The number of pyridine rings is 1. The van der Waals surface area contributed by atoms with E-state index in [0.717, 1.165) is 23.1 Å². The van der Waals surface area contributed by atoms with Crippen LogP contribution in [0, 0.1) is 6.92 Å². The lowest BCUT2D eigenvalue weighted by molar-refractivity contribution is -0.673. The van der Waals surface area contributed by atoms with Gasteiger partial charge in [-0.2, -0.15) is 4.57 Å². The third-order valence-electron chi connectivity index (χ3n) is 4.11. The molecule has 0 saturated heterocycles. The van der Waals surface area contributed by atoms with Crippen LogP contribution in [0.5, 0.6) is 0 Å². The molecule has 1 amide bonds. The Kier molecular flexibility index (Phi) is 6.29. The van der Waals surface area contributed by atoms with Gasteiger partial charge in [0.2, 0.25) is 11.4 Å². The highest BCUT2D eigenvalue weighted by Gasteiger charge is 2.11. The molecule has 0 radical (unpaired) electrons. The number of nitrogens with one attached hydrogen (secondary N) is 1. The highest BCUT2D eigenvalue weighted by Crippen LogP contribution is 2.18. The molecule has 0 spiro atoms. The van der Waals surface area contributed by atoms with Gasteiger partial charge in [0.1, 0.15) is 6.54 Å². The number of anilines is 1. The summed E-state index contributed by atoms with van der Waals surface area (Å²) in [5, 5.41) is 4.03. The fourth-order valence-electron chi connectivity index (χ4n) is 2.80. The fraction of sp³-hybridized carbons (Fsp3) is 0.421. The number of aryl methyl sites for hydroxylation is 2. The fourth-order valence-corrected chi connectivity index (χ4v) is 2.80. The van der Waals surface area contributed by atoms with Crippen LogP contribution in [-0.2, 0) is 20.9 Å². The second-order valence-corrected chi connectivity index (χ2v) is 5.82. The van der Waals surface area contributed by atoms with Crippen molar-refractivity contribution in [3.8, 4) is 0 Å². The van der Waals surface area contributed by atoms with E-state index in [1.54, 1.807) is 0 Å². The zero-order valence-corrected chi connectivity index (χ0v) is 14.6. The maximum atomic E-state index is 12.0. The molecule has 0 atom stereocenters. The van der Waals surface area contributed by atoms with Crippen LogP contribution in [0.3, 0.4) is 0 Å². The van der Waals surface area contributed by atoms with Crippen molar-refractivity contribution in [3.63, 3.8) is 0 Å². The molecule has 0 aliphatic carbocycles. The molecule has 2 rings (SSSR count). The van der Waals surface area contributed by atoms with Crippen LogP contribution in [0.4, 0.5) is 5.69 Å². The molecule has 0 aliphatic rings. The van der Waals surface area contributed by atoms with E-state index in [2.05, 4.69) is 40.6 Å². The summed E-state index contributed by atoms with van der Waals surface area (Å²) in [5.74, 6) is -0.265. The van der Waals surface area contributed by atoms with Gasteiger partial charge in [0.05, 0.1) is 7.11 Å². The van der Waals surface area contributed by atoms with Crippen molar-refractivity contribution >= 4 is 28.5 Å². The third-order valence-corrected chi connectivity index (χ3v) is 4.11. The van der Waals surface area contributed by atoms with Crippen LogP contribution in [0.15, 0.2) is 30.3 Å². The highest BCUT2D eigenvalue weighted by atomic mass is 16.5. The van der Waals surface area contributed by atoms with Crippen LogP contribution in [0.2, 0.25) is 0 Å². The number of aromatic nitrogens is 1. The number of amides is 1. The largest absolute Gasteiger partial charge is 0.469 e. The summed E-state index contributed by atoms with van der Waals surface area (Å²) in [5.41, 5.74) is 3.17. The van der Waals surface area contributed by atoms with Gasteiger partial charge in [0.25, 0.3) is 0 Å². The van der Waals surface area contributed by atoms with E-state index in [9.17, 15) is 9.59 Å². The predicted octanol–water partition coefficient (Wildman–Crippen LogP) is 3.13. The minimum atomic E-state index is -0.232. The molecule has 2 aromatic rings. The molecule has 1 aromatic heterocycles. The van der Waals surface area contributed by atoms with Crippen LogP contribution < -0.4 is 9.88 Å². The van der Waals surface area contributed by atoms with E-state index >= 15 is 0 Å². The Balaban J connectivity index is 1.96. The zero-order chi connectivity index (χ0) is 17.5. The topological polar surface area (TPSA) is 59.3 Å². The first kappa shape index (κ1) is 17.9. The van der Waals surface area contributed by atoms with Crippen molar-refractivity contribution in [1.29, 1.82) is 0 Å². The first-order chi connectivity index (χ1) is 11.5. The molecule has 1 N–H and O–H groups in total. The van der Waals surface area contributed by atoms with Crippen molar-refractivity contribution in [1.82, 2.24) is 0 Å². The Bertz CT molecular complexity index is 741. The van der Waals surface area contributed by atoms with Gasteiger partial charge in [-0.15, -0.1) is 0 Å². The Morgan fingerprint density at radius 3 is 2.58 bits per heavy atom. The maximum absolute atomic E-state index is 12.0. The summed E-state index contributed by atoms with van der Waals surface area (Å²) >= 11 is 0. The smallest absolute Gasteiger partial charge is 0.305 e. The summed E-state index contributed by atoms with van der Waals surface area (Å²) < 4.78 is 6.82. The highest BCUT2D eigenvalue weighted by molar-refractivity contribution is 5.93. The van der Waals surface area contributed by atoms with Crippen LogP contribution in [0.25, 0.3) is 10.9 Å². The molecule has 0 fully saturated rings. The molecule has 0 bridgehead atoms. The van der Waals surface area contributed by atoms with Gasteiger partial charge in [0, 0.05) is 43.0 Å². The number of rotatable bonds is 7. The Hall–Kier alpha value is -2.43. The number of ether oxygens (including phenoxy) is 1. The molecular weight excluding hydrogens is 304 g/mol. The lowest BCUT2D eigenvalue weighted by Crippen LogP contribution is -2.36. The van der Waals surface area contributed by atoms with E-state index < -0.39 is 0 Å². The molecule has 128 valence electrons. The van der Waals surface area contributed by atoms with Gasteiger partial charge in [-0.05, 0) is 38.0 Å². The summed E-state index contributed by atoms with van der Waals surface area (Å²) in [4.78, 5) is 23.0. The van der Waals surface area contributed by atoms with Gasteiger partial charge in [-0.3, -0.25) is 9.59 Å². The monoisotopic (exact) mass is 329 g/mol.